The van der Waals surface area contributed by atoms with Gasteiger partial charge in [-0.05, 0) is 50.3 Å². The third-order valence-corrected chi connectivity index (χ3v) is 4.87. The number of pyridine rings is 1. The quantitative estimate of drug-likeness (QED) is 0.432. The predicted molar refractivity (Wildman–Crippen MR) is 124 cm³/mol. The first-order chi connectivity index (χ1) is 15.5. The van der Waals surface area contributed by atoms with Crippen molar-refractivity contribution in [2.75, 3.05) is 25.0 Å². The zero-order valence-corrected chi connectivity index (χ0v) is 18.1. The van der Waals surface area contributed by atoms with Gasteiger partial charge >= 0.3 is 5.97 Å². The second-order valence-corrected chi connectivity index (χ2v) is 6.97. The number of nitrogens with zero attached hydrogens (tertiary/aromatic N) is 2. The average molecular weight is 431 g/mol. The number of benzene rings is 2. The minimum Gasteiger partial charge on any atom is -0.452 e. The Morgan fingerprint density at radius 2 is 1.72 bits per heavy atom. The largest absolute Gasteiger partial charge is 0.452 e. The van der Waals surface area contributed by atoms with Crippen molar-refractivity contribution in [2.24, 2.45) is 0 Å². The molecule has 0 bridgehead atoms. The Bertz CT molecular complexity index is 1130. The van der Waals surface area contributed by atoms with Crippen LogP contribution in [0.3, 0.4) is 0 Å². The van der Waals surface area contributed by atoms with Crippen molar-refractivity contribution < 1.29 is 19.1 Å². The van der Waals surface area contributed by atoms with E-state index in [-0.39, 0.29) is 5.91 Å². The lowest BCUT2D eigenvalue weighted by Crippen LogP contribution is -2.30. The van der Waals surface area contributed by atoms with Crippen molar-refractivity contribution in [1.82, 2.24) is 9.88 Å². The summed E-state index contributed by atoms with van der Waals surface area (Å²) in [6, 6.07) is 16.0. The van der Waals surface area contributed by atoms with Gasteiger partial charge in [-0.15, -0.1) is 0 Å². The third-order valence-electron chi connectivity index (χ3n) is 4.87. The van der Waals surface area contributed by atoms with Crippen molar-refractivity contribution in [2.45, 2.75) is 13.8 Å². The van der Waals surface area contributed by atoms with Crippen LogP contribution in [0.5, 0.6) is 0 Å². The molecule has 0 aliphatic heterocycles. The van der Waals surface area contributed by atoms with E-state index in [1.54, 1.807) is 41.4 Å². The monoisotopic (exact) mass is 431 g/mol. The minimum atomic E-state index is -0.631. The molecule has 0 unspecified atom stereocenters. The molecule has 1 aromatic heterocycles. The van der Waals surface area contributed by atoms with Gasteiger partial charge in [0.05, 0.1) is 5.52 Å². The Morgan fingerprint density at radius 1 is 1.00 bits per heavy atom. The number of amides is 2. The molecule has 164 valence electrons. The van der Waals surface area contributed by atoms with Gasteiger partial charge in [0.2, 0.25) is 0 Å². The maximum absolute atomic E-state index is 12.3. The number of aromatic nitrogens is 1. The zero-order valence-electron chi connectivity index (χ0n) is 18.1. The molecule has 0 radical (unpaired) electrons. The molecule has 0 aliphatic carbocycles. The second kappa shape index (κ2) is 10.9. The van der Waals surface area contributed by atoms with Gasteiger partial charge in [-0.25, -0.2) is 4.79 Å². The van der Waals surface area contributed by atoms with Crippen molar-refractivity contribution in [3.8, 4) is 0 Å². The number of hydrogen-bond acceptors (Lipinski definition) is 5. The number of hydrogen-bond donors (Lipinski definition) is 1. The molecule has 0 atom stereocenters. The molecule has 0 spiro atoms. The van der Waals surface area contributed by atoms with Crippen LogP contribution >= 0.6 is 0 Å². The number of carbonyl (C=O) groups is 3. The maximum Gasteiger partial charge on any atom is 0.331 e. The number of para-hydroxylation sites is 1. The predicted octanol–water partition coefficient (Wildman–Crippen LogP) is 3.91. The van der Waals surface area contributed by atoms with Crippen LogP contribution in [-0.4, -0.2) is 47.4 Å². The minimum absolute atomic E-state index is 0.0602. The number of carbonyl (C=O) groups excluding carboxylic acids is 3. The first kappa shape index (κ1) is 22.7. The molecule has 1 heterocycles. The highest BCUT2D eigenvalue weighted by atomic mass is 16.5. The molecule has 1 N–H and O–H groups in total. The summed E-state index contributed by atoms with van der Waals surface area (Å²) in [5.74, 6) is -1.16. The van der Waals surface area contributed by atoms with Crippen LogP contribution in [0, 0.1) is 0 Å². The first-order valence-electron chi connectivity index (χ1n) is 10.4. The molecule has 2 amide bonds. The molecule has 7 nitrogen and oxygen atoms in total. The topological polar surface area (TPSA) is 88.6 Å². The Morgan fingerprint density at radius 3 is 2.44 bits per heavy atom. The SMILES string of the molecule is CCN(CC)C(=O)c1ccc(NC(=O)COC(=O)/C=C/c2cccc3cccnc23)cc1. The Labute approximate surface area is 186 Å². The number of esters is 1. The molecule has 3 rings (SSSR count). The van der Waals surface area contributed by atoms with Gasteiger partial charge in [0.25, 0.3) is 11.8 Å². The van der Waals surface area contributed by atoms with Gasteiger partial charge in [0.15, 0.2) is 6.61 Å². The molecule has 0 saturated carbocycles. The van der Waals surface area contributed by atoms with Crippen molar-refractivity contribution in [3.63, 3.8) is 0 Å². The van der Waals surface area contributed by atoms with E-state index in [0.717, 1.165) is 16.5 Å². The Balaban J connectivity index is 1.51. The normalized spacial score (nSPS) is 10.8. The summed E-state index contributed by atoms with van der Waals surface area (Å²) in [6.07, 6.45) is 4.57. The van der Waals surface area contributed by atoms with Gasteiger partial charge in [-0.3, -0.25) is 14.6 Å². The van der Waals surface area contributed by atoms with Crippen LogP contribution in [0.25, 0.3) is 17.0 Å². The lowest BCUT2D eigenvalue weighted by Gasteiger charge is -2.18. The molecule has 7 heteroatoms. The summed E-state index contributed by atoms with van der Waals surface area (Å²) in [7, 11) is 0. The van der Waals surface area contributed by atoms with Crippen LogP contribution in [0.2, 0.25) is 0 Å². The number of fused-ring (bicyclic) bond motifs is 1. The van der Waals surface area contributed by atoms with Gasteiger partial charge < -0.3 is 15.0 Å². The van der Waals surface area contributed by atoms with E-state index in [4.69, 9.17) is 4.74 Å². The summed E-state index contributed by atoms with van der Waals surface area (Å²) in [5.41, 5.74) is 2.62. The lowest BCUT2D eigenvalue weighted by atomic mass is 10.1. The average Bonchev–Trinajstić information content (AvgIpc) is 2.82. The summed E-state index contributed by atoms with van der Waals surface area (Å²) < 4.78 is 5.01. The summed E-state index contributed by atoms with van der Waals surface area (Å²) in [5, 5.41) is 3.61. The molecule has 0 aliphatic rings. The third kappa shape index (κ3) is 5.78. The van der Waals surface area contributed by atoms with Gasteiger partial charge in [0, 0.05) is 47.6 Å². The van der Waals surface area contributed by atoms with Gasteiger partial charge in [-0.2, -0.15) is 0 Å². The molecular formula is C25H25N3O4. The molecule has 32 heavy (non-hydrogen) atoms. The number of anilines is 1. The molecule has 0 fully saturated rings. The van der Waals surface area contributed by atoms with E-state index in [2.05, 4.69) is 10.3 Å². The van der Waals surface area contributed by atoms with Crippen LogP contribution in [0.1, 0.15) is 29.8 Å². The van der Waals surface area contributed by atoms with Gasteiger partial charge in [0.1, 0.15) is 0 Å². The lowest BCUT2D eigenvalue weighted by molar-refractivity contribution is -0.142. The van der Waals surface area contributed by atoms with E-state index >= 15 is 0 Å². The Kier molecular flexibility index (Phi) is 7.70. The highest BCUT2D eigenvalue weighted by Crippen LogP contribution is 2.17. The highest BCUT2D eigenvalue weighted by Gasteiger charge is 2.12. The van der Waals surface area contributed by atoms with Crippen LogP contribution in [0.4, 0.5) is 5.69 Å². The fourth-order valence-electron chi connectivity index (χ4n) is 3.19. The van der Waals surface area contributed by atoms with Crippen molar-refractivity contribution >= 4 is 40.4 Å². The molecular weight excluding hydrogens is 406 g/mol. The molecule has 0 saturated heterocycles. The molecule has 2 aromatic carbocycles. The summed E-state index contributed by atoms with van der Waals surface area (Å²) in [6.45, 7) is 4.68. The summed E-state index contributed by atoms with van der Waals surface area (Å²) >= 11 is 0. The zero-order chi connectivity index (χ0) is 22.9. The Hall–Kier alpha value is -4.00. The summed E-state index contributed by atoms with van der Waals surface area (Å²) in [4.78, 5) is 42.5. The van der Waals surface area contributed by atoms with E-state index in [0.29, 0.717) is 24.3 Å². The van der Waals surface area contributed by atoms with E-state index in [1.807, 2.05) is 44.2 Å². The van der Waals surface area contributed by atoms with Crippen LogP contribution in [0.15, 0.2) is 66.9 Å². The fourth-order valence-corrected chi connectivity index (χ4v) is 3.19. The highest BCUT2D eigenvalue weighted by molar-refractivity contribution is 5.97. The van der Waals surface area contributed by atoms with E-state index in [9.17, 15) is 14.4 Å². The number of rotatable bonds is 8. The van der Waals surface area contributed by atoms with Crippen LogP contribution in [-0.2, 0) is 14.3 Å². The first-order valence-corrected chi connectivity index (χ1v) is 10.4. The number of nitrogens with one attached hydrogen (secondary N) is 1. The smallest absolute Gasteiger partial charge is 0.331 e. The fraction of sp³-hybridized carbons (Fsp3) is 0.200. The van der Waals surface area contributed by atoms with E-state index < -0.39 is 18.5 Å². The van der Waals surface area contributed by atoms with Crippen molar-refractivity contribution in [1.29, 1.82) is 0 Å². The number of ether oxygens (including phenoxy) is 1. The van der Waals surface area contributed by atoms with E-state index in [1.165, 1.54) is 6.08 Å². The van der Waals surface area contributed by atoms with Crippen LogP contribution < -0.4 is 5.32 Å². The second-order valence-electron chi connectivity index (χ2n) is 6.97. The standard InChI is InChI=1S/C25H25N3O4/c1-3-28(4-2)25(31)20-10-13-21(14-11-20)27-22(29)17-32-23(30)15-12-19-8-5-7-18-9-6-16-26-24(18)19/h5-16H,3-4,17H2,1-2H3,(H,27,29)/b15-12+. The molecule has 3 aromatic rings. The maximum atomic E-state index is 12.3. The van der Waals surface area contributed by atoms with Crippen molar-refractivity contribution in [3.05, 3.63) is 78.0 Å². The van der Waals surface area contributed by atoms with Gasteiger partial charge in [-0.1, -0.05) is 24.3 Å².